The Morgan fingerprint density at radius 3 is 2.79 bits per heavy atom. The molecule has 0 saturated carbocycles. The first-order valence-electron chi connectivity index (χ1n) is 8.80. The van der Waals surface area contributed by atoms with Crippen molar-refractivity contribution in [3.63, 3.8) is 0 Å². The number of nitrogens with zero attached hydrogens (tertiary/aromatic N) is 1. The SMILES string of the molecule is Cc1cccc(CN(c2ccc3sccc3c2)C2CCNCC2)c1. The first-order valence-corrected chi connectivity index (χ1v) is 9.68. The van der Waals surface area contributed by atoms with Crippen LogP contribution >= 0.6 is 11.3 Å². The second-order valence-electron chi connectivity index (χ2n) is 6.74. The molecule has 1 fully saturated rings. The summed E-state index contributed by atoms with van der Waals surface area (Å²) >= 11 is 1.82. The molecule has 1 aliphatic heterocycles. The van der Waals surface area contributed by atoms with Crippen LogP contribution in [0.1, 0.15) is 24.0 Å². The van der Waals surface area contributed by atoms with Gasteiger partial charge in [0.05, 0.1) is 0 Å². The predicted molar refractivity (Wildman–Crippen MR) is 105 cm³/mol. The Morgan fingerprint density at radius 1 is 1.08 bits per heavy atom. The van der Waals surface area contributed by atoms with Crippen molar-refractivity contribution in [1.82, 2.24) is 5.32 Å². The van der Waals surface area contributed by atoms with Crippen molar-refractivity contribution in [2.45, 2.75) is 32.4 Å². The number of benzene rings is 2. The maximum atomic E-state index is 3.49. The number of rotatable bonds is 4. The van der Waals surface area contributed by atoms with Gasteiger partial charge >= 0.3 is 0 Å². The van der Waals surface area contributed by atoms with Crippen LogP contribution in [0.3, 0.4) is 0 Å². The highest BCUT2D eigenvalue weighted by Gasteiger charge is 2.22. The summed E-state index contributed by atoms with van der Waals surface area (Å²) in [6.45, 7) is 5.41. The molecule has 0 spiro atoms. The van der Waals surface area contributed by atoms with Gasteiger partial charge in [-0.25, -0.2) is 0 Å². The molecule has 0 amide bonds. The average Bonchev–Trinajstić information content (AvgIpc) is 3.08. The number of nitrogens with one attached hydrogen (secondary N) is 1. The van der Waals surface area contributed by atoms with Crippen molar-refractivity contribution >= 4 is 27.1 Å². The lowest BCUT2D eigenvalue weighted by Crippen LogP contribution is -2.43. The Balaban J connectivity index is 1.68. The van der Waals surface area contributed by atoms with E-state index >= 15 is 0 Å². The summed E-state index contributed by atoms with van der Waals surface area (Å²) in [5.74, 6) is 0. The standard InChI is InChI=1S/C21H24N2S/c1-16-3-2-4-17(13-16)15-23(19-7-10-22-11-8-19)20-5-6-21-18(14-20)9-12-24-21/h2-6,9,12-14,19,22H,7-8,10-11,15H2,1H3. The van der Waals surface area contributed by atoms with Gasteiger partial charge < -0.3 is 10.2 Å². The van der Waals surface area contributed by atoms with E-state index in [-0.39, 0.29) is 0 Å². The van der Waals surface area contributed by atoms with E-state index in [1.807, 2.05) is 11.3 Å². The van der Waals surface area contributed by atoms with Gasteiger partial charge in [0.1, 0.15) is 0 Å². The minimum atomic E-state index is 0.614. The van der Waals surface area contributed by atoms with Crippen LogP contribution in [0.2, 0.25) is 0 Å². The first kappa shape index (κ1) is 15.7. The monoisotopic (exact) mass is 336 g/mol. The number of anilines is 1. The second-order valence-corrected chi connectivity index (χ2v) is 7.69. The van der Waals surface area contributed by atoms with Gasteiger partial charge in [0.15, 0.2) is 0 Å². The van der Waals surface area contributed by atoms with Gasteiger partial charge in [-0.3, -0.25) is 0 Å². The van der Waals surface area contributed by atoms with E-state index in [4.69, 9.17) is 0 Å². The third-order valence-electron chi connectivity index (χ3n) is 4.95. The Morgan fingerprint density at radius 2 is 1.96 bits per heavy atom. The van der Waals surface area contributed by atoms with Gasteiger partial charge in [0.2, 0.25) is 0 Å². The fourth-order valence-electron chi connectivity index (χ4n) is 3.69. The third-order valence-corrected chi connectivity index (χ3v) is 5.85. The van der Waals surface area contributed by atoms with Crippen molar-refractivity contribution in [2.75, 3.05) is 18.0 Å². The molecule has 1 N–H and O–H groups in total. The molecular weight excluding hydrogens is 312 g/mol. The summed E-state index contributed by atoms with van der Waals surface area (Å²) < 4.78 is 1.37. The molecule has 2 aromatic carbocycles. The van der Waals surface area contributed by atoms with E-state index in [0.29, 0.717) is 6.04 Å². The zero-order valence-electron chi connectivity index (χ0n) is 14.2. The largest absolute Gasteiger partial charge is 0.364 e. The maximum Gasteiger partial charge on any atom is 0.0432 e. The van der Waals surface area contributed by atoms with Crippen molar-refractivity contribution in [2.24, 2.45) is 0 Å². The number of aryl methyl sites for hydroxylation is 1. The molecule has 2 nitrogen and oxygen atoms in total. The normalized spacial score (nSPS) is 15.7. The molecule has 3 heteroatoms. The van der Waals surface area contributed by atoms with Crippen LogP contribution in [0.4, 0.5) is 5.69 Å². The molecular formula is C21H24N2S. The van der Waals surface area contributed by atoms with Crippen molar-refractivity contribution in [3.05, 3.63) is 65.0 Å². The fourth-order valence-corrected chi connectivity index (χ4v) is 4.46. The number of fused-ring (bicyclic) bond motifs is 1. The average molecular weight is 337 g/mol. The third kappa shape index (κ3) is 3.33. The molecule has 0 bridgehead atoms. The fraction of sp³-hybridized carbons (Fsp3) is 0.333. The molecule has 3 aromatic rings. The topological polar surface area (TPSA) is 15.3 Å². The maximum absolute atomic E-state index is 3.49. The summed E-state index contributed by atoms with van der Waals surface area (Å²) in [6.07, 6.45) is 2.43. The zero-order chi connectivity index (χ0) is 16.4. The van der Waals surface area contributed by atoms with Gasteiger partial charge in [-0.1, -0.05) is 29.8 Å². The smallest absolute Gasteiger partial charge is 0.0432 e. The van der Waals surface area contributed by atoms with Gasteiger partial charge in [0, 0.05) is 23.0 Å². The van der Waals surface area contributed by atoms with Crippen LogP contribution in [0, 0.1) is 6.92 Å². The van der Waals surface area contributed by atoms with E-state index < -0.39 is 0 Å². The summed E-state index contributed by atoms with van der Waals surface area (Å²) in [7, 11) is 0. The molecule has 1 saturated heterocycles. The molecule has 4 rings (SSSR count). The lowest BCUT2D eigenvalue weighted by molar-refractivity contribution is 0.428. The van der Waals surface area contributed by atoms with Gasteiger partial charge in [-0.15, -0.1) is 11.3 Å². The Kier molecular flexibility index (Phi) is 4.54. The summed E-state index contributed by atoms with van der Waals surface area (Å²) in [5.41, 5.74) is 4.10. The lowest BCUT2D eigenvalue weighted by Gasteiger charge is -2.36. The van der Waals surface area contributed by atoms with Crippen molar-refractivity contribution in [3.8, 4) is 0 Å². The highest BCUT2D eigenvalue weighted by Crippen LogP contribution is 2.30. The van der Waals surface area contributed by atoms with E-state index in [9.17, 15) is 0 Å². The first-order chi connectivity index (χ1) is 11.8. The summed E-state index contributed by atoms with van der Waals surface area (Å²) in [4.78, 5) is 2.62. The number of thiophene rings is 1. The Labute approximate surface area is 148 Å². The number of piperidine rings is 1. The molecule has 24 heavy (non-hydrogen) atoms. The molecule has 0 radical (unpaired) electrons. The minimum absolute atomic E-state index is 0.614. The van der Waals surface area contributed by atoms with E-state index in [2.05, 4.69) is 71.1 Å². The van der Waals surface area contributed by atoms with Crippen LogP contribution in [0.15, 0.2) is 53.9 Å². The number of hydrogen-bond donors (Lipinski definition) is 1. The summed E-state index contributed by atoms with van der Waals surface area (Å²) in [6, 6.07) is 18.7. The molecule has 1 aliphatic rings. The van der Waals surface area contributed by atoms with Gasteiger partial charge in [-0.2, -0.15) is 0 Å². The van der Waals surface area contributed by atoms with Crippen LogP contribution < -0.4 is 10.2 Å². The highest BCUT2D eigenvalue weighted by atomic mass is 32.1. The number of hydrogen-bond acceptors (Lipinski definition) is 3. The predicted octanol–water partition coefficient (Wildman–Crippen LogP) is 4.97. The van der Waals surface area contributed by atoms with Crippen molar-refractivity contribution < 1.29 is 0 Å². The zero-order valence-corrected chi connectivity index (χ0v) is 15.0. The highest BCUT2D eigenvalue weighted by molar-refractivity contribution is 7.17. The molecule has 0 atom stereocenters. The Bertz CT molecular complexity index is 817. The quantitative estimate of drug-likeness (QED) is 0.724. The second kappa shape index (κ2) is 6.96. The van der Waals surface area contributed by atoms with Crippen LogP contribution in [-0.2, 0) is 6.54 Å². The molecule has 0 aliphatic carbocycles. The Hall–Kier alpha value is -1.84. The lowest BCUT2D eigenvalue weighted by atomic mass is 10.0. The minimum Gasteiger partial charge on any atom is -0.364 e. The van der Waals surface area contributed by atoms with E-state index in [1.54, 1.807) is 0 Å². The van der Waals surface area contributed by atoms with E-state index in [1.165, 1.54) is 39.7 Å². The molecule has 124 valence electrons. The van der Waals surface area contributed by atoms with Gasteiger partial charge in [-0.05, 0) is 73.5 Å². The van der Waals surface area contributed by atoms with Gasteiger partial charge in [0.25, 0.3) is 0 Å². The molecule has 2 heterocycles. The van der Waals surface area contributed by atoms with Crippen LogP contribution in [0.25, 0.3) is 10.1 Å². The molecule has 1 aromatic heterocycles. The van der Waals surface area contributed by atoms with Crippen LogP contribution in [0.5, 0.6) is 0 Å². The van der Waals surface area contributed by atoms with Crippen molar-refractivity contribution in [1.29, 1.82) is 0 Å². The van der Waals surface area contributed by atoms with Crippen LogP contribution in [-0.4, -0.2) is 19.1 Å². The summed E-state index contributed by atoms with van der Waals surface area (Å²) in [5, 5.41) is 7.04. The van der Waals surface area contributed by atoms with E-state index in [0.717, 1.165) is 19.6 Å². The molecule has 0 unspecified atom stereocenters.